The van der Waals surface area contributed by atoms with E-state index in [1.807, 2.05) is 6.07 Å². The summed E-state index contributed by atoms with van der Waals surface area (Å²) >= 11 is 4.87. The van der Waals surface area contributed by atoms with Crippen LogP contribution in [0.3, 0.4) is 0 Å². The van der Waals surface area contributed by atoms with Gasteiger partial charge in [0.05, 0.1) is 16.4 Å². The average Bonchev–Trinajstić information content (AvgIpc) is 2.43. The normalized spacial score (nSPS) is 12.2. The predicted molar refractivity (Wildman–Crippen MR) is 87.6 cm³/mol. The first kappa shape index (κ1) is 15.8. The monoisotopic (exact) mass is 323 g/mol. The second kappa shape index (κ2) is 6.05. The van der Waals surface area contributed by atoms with E-state index in [2.05, 4.69) is 4.98 Å². The summed E-state index contributed by atoms with van der Waals surface area (Å²) in [5, 5.41) is 1.42. The Bertz CT molecular complexity index is 767. The van der Waals surface area contributed by atoms with Gasteiger partial charge in [0.2, 0.25) is 10.0 Å². The number of benzene rings is 1. The van der Waals surface area contributed by atoms with Crippen molar-refractivity contribution in [3.05, 3.63) is 36.7 Å². The molecule has 5 nitrogen and oxygen atoms in total. The molecule has 0 bridgehead atoms. The van der Waals surface area contributed by atoms with E-state index < -0.39 is 10.0 Å². The minimum Gasteiger partial charge on any atom is -0.392 e. The lowest BCUT2D eigenvalue weighted by Crippen LogP contribution is -2.42. The highest BCUT2D eigenvalue weighted by atomic mass is 32.2. The van der Waals surface area contributed by atoms with Crippen LogP contribution in [0.15, 0.2) is 41.6 Å². The zero-order valence-corrected chi connectivity index (χ0v) is 13.5. The second-order valence-electron chi connectivity index (χ2n) is 4.96. The Kier molecular flexibility index (Phi) is 4.55. The van der Waals surface area contributed by atoms with E-state index in [4.69, 9.17) is 18.0 Å². The van der Waals surface area contributed by atoms with Crippen LogP contribution in [0.5, 0.6) is 0 Å². The number of fused-ring (bicyclic) bond motifs is 1. The summed E-state index contributed by atoms with van der Waals surface area (Å²) in [5.74, 6) is 0. The van der Waals surface area contributed by atoms with Gasteiger partial charge in [0.15, 0.2) is 0 Å². The molecule has 0 aliphatic carbocycles. The minimum atomic E-state index is -3.68. The van der Waals surface area contributed by atoms with E-state index >= 15 is 0 Å². The van der Waals surface area contributed by atoms with Gasteiger partial charge in [-0.2, -0.15) is 4.31 Å². The lowest BCUT2D eigenvalue weighted by molar-refractivity contribution is 0.391. The summed E-state index contributed by atoms with van der Waals surface area (Å²) in [6, 6.07) is 6.58. The Morgan fingerprint density at radius 2 is 2.10 bits per heavy atom. The van der Waals surface area contributed by atoms with Crippen molar-refractivity contribution in [2.75, 3.05) is 6.54 Å². The number of sulfonamides is 1. The van der Waals surface area contributed by atoms with Gasteiger partial charge in [0.1, 0.15) is 0 Å². The molecule has 0 atom stereocenters. The van der Waals surface area contributed by atoms with Crippen LogP contribution in [0, 0.1) is 0 Å². The van der Waals surface area contributed by atoms with Gasteiger partial charge in [-0.15, -0.1) is 0 Å². The molecular weight excluding hydrogens is 306 g/mol. The van der Waals surface area contributed by atoms with E-state index in [0.717, 1.165) is 5.39 Å². The molecule has 2 N–H and O–H groups in total. The van der Waals surface area contributed by atoms with E-state index in [1.54, 1.807) is 44.4 Å². The van der Waals surface area contributed by atoms with Gasteiger partial charge in [-0.1, -0.05) is 24.4 Å². The van der Waals surface area contributed by atoms with Crippen LogP contribution >= 0.6 is 12.2 Å². The Morgan fingerprint density at radius 3 is 2.71 bits per heavy atom. The molecule has 0 fully saturated rings. The number of nitrogens with zero attached hydrogens (tertiary/aromatic N) is 2. The minimum absolute atomic E-state index is 0.0246. The number of rotatable bonds is 5. The lowest BCUT2D eigenvalue weighted by Gasteiger charge is -2.26. The molecule has 0 radical (unpaired) electrons. The molecule has 0 saturated heterocycles. The summed E-state index contributed by atoms with van der Waals surface area (Å²) in [6.45, 7) is 3.61. The van der Waals surface area contributed by atoms with Gasteiger partial charge in [-0.25, -0.2) is 8.42 Å². The van der Waals surface area contributed by atoms with Gasteiger partial charge in [0.25, 0.3) is 0 Å². The number of pyridine rings is 1. The fourth-order valence-corrected chi connectivity index (χ4v) is 4.19. The van der Waals surface area contributed by atoms with Crippen molar-refractivity contribution in [1.82, 2.24) is 9.29 Å². The van der Waals surface area contributed by atoms with Gasteiger partial charge >= 0.3 is 0 Å². The van der Waals surface area contributed by atoms with Crippen molar-refractivity contribution >= 4 is 38.0 Å². The Labute approximate surface area is 129 Å². The number of hydrogen-bond acceptors (Lipinski definition) is 4. The van der Waals surface area contributed by atoms with Crippen LogP contribution in [0.2, 0.25) is 0 Å². The number of thiocarbonyl (C=S) groups is 1. The van der Waals surface area contributed by atoms with Crippen molar-refractivity contribution in [1.29, 1.82) is 0 Å². The molecule has 0 aliphatic rings. The standard InChI is InChI=1S/C14H17N3O2S2/c1-10(2)17(9-14(15)20)21(18,19)13-5-3-4-11-8-16-7-6-12(11)13/h3-8,10H,9H2,1-2H3,(H2,15,20). The highest BCUT2D eigenvalue weighted by Gasteiger charge is 2.28. The third-order valence-corrected chi connectivity index (χ3v) is 5.32. The largest absolute Gasteiger partial charge is 0.392 e. The molecule has 1 aromatic carbocycles. The van der Waals surface area contributed by atoms with E-state index in [9.17, 15) is 8.42 Å². The maximum absolute atomic E-state index is 12.9. The average molecular weight is 323 g/mol. The fraction of sp³-hybridized carbons (Fsp3) is 0.286. The first-order valence-corrected chi connectivity index (χ1v) is 8.31. The third-order valence-electron chi connectivity index (χ3n) is 3.12. The molecule has 0 unspecified atom stereocenters. The van der Waals surface area contributed by atoms with Gasteiger partial charge < -0.3 is 5.73 Å². The van der Waals surface area contributed by atoms with Crippen molar-refractivity contribution in [2.45, 2.75) is 24.8 Å². The molecular formula is C14H17N3O2S2. The number of hydrogen-bond donors (Lipinski definition) is 1. The van der Waals surface area contributed by atoms with E-state index in [0.29, 0.717) is 5.39 Å². The van der Waals surface area contributed by atoms with Crippen LogP contribution in [0.4, 0.5) is 0 Å². The first-order valence-electron chi connectivity index (χ1n) is 6.47. The zero-order chi connectivity index (χ0) is 15.6. The van der Waals surface area contributed by atoms with Crippen LogP contribution in [-0.4, -0.2) is 35.3 Å². The molecule has 7 heteroatoms. The zero-order valence-electron chi connectivity index (χ0n) is 11.9. The molecule has 0 saturated carbocycles. The Hall–Kier alpha value is -1.57. The maximum Gasteiger partial charge on any atom is 0.244 e. The van der Waals surface area contributed by atoms with E-state index in [-0.39, 0.29) is 22.5 Å². The molecule has 2 aromatic rings. The molecule has 0 amide bonds. The number of aromatic nitrogens is 1. The van der Waals surface area contributed by atoms with Crippen LogP contribution < -0.4 is 5.73 Å². The van der Waals surface area contributed by atoms with Crippen molar-refractivity contribution in [3.8, 4) is 0 Å². The fourth-order valence-electron chi connectivity index (χ4n) is 2.14. The number of nitrogens with two attached hydrogens (primary N) is 1. The maximum atomic E-state index is 12.9. The Morgan fingerprint density at radius 1 is 1.38 bits per heavy atom. The predicted octanol–water partition coefficient (Wildman–Crippen LogP) is 1.92. The third kappa shape index (κ3) is 3.20. The van der Waals surface area contributed by atoms with Crippen LogP contribution in [0.25, 0.3) is 10.8 Å². The molecule has 1 heterocycles. The molecule has 112 valence electrons. The van der Waals surface area contributed by atoms with Crippen molar-refractivity contribution in [2.24, 2.45) is 5.73 Å². The topological polar surface area (TPSA) is 76.3 Å². The first-order chi connectivity index (χ1) is 9.84. The van der Waals surface area contributed by atoms with Gasteiger partial charge in [0, 0.05) is 29.2 Å². The molecule has 0 aliphatic heterocycles. The SMILES string of the molecule is CC(C)N(CC(N)=S)S(=O)(=O)c1cccc2cnccc12. The summed E-state index contributed by atoms with van der Waals surface area (Å²) in [4.78, 5) is 4.41. The lowest BCUT2D eigenvalue weighted by atomic mass is 10.2. The molecule has 2 rings (SSSR count). The highest BCUT2D eigenvalue weighted by Crippen LogP contribution is 2.26. The molecule has 0 spiro atoms. The smallest absolute Gasteiger partial charge is 0.244 e. The second-order valence-corrected chi connectivity index (χ2v) is 7.35. The van der Waals surface area contributed by atoms with Crippen molar-refractivity contribution in [3.63, 3.8) is 0 Å². The van der Waals surface area contributed by atoms with Crippen LogP contribution in [0.1, 0.15) is 13.8 Å². The summed E-state index contributed by atoms with van der Waals surface area (Å²) in [6.07, 6.45) is 3.22. The quantitative estimate of drug-likeness (QED) is 0.851. The van der Waals surface area contributed by atoms with Gasteiger partial charge in [-0.3, -0.25) is 4.98 Å². The van der Waals surface area contributed by atoms with Crippen LogP contribution in [-0.2, 0) is 10.0 Å². The Balaban J connectivity index is 2.62. The highest BCUT2D eigenvalue weighted by molar-refractivity contribution is 7.89. The molecule has 1 aromatic heterocycles. The summed E-state index contributed by atoms with van der Waals surface area (Å²) in [7, 11) is -3.68. The summed E-state index contributed by atoms with van der Waals surface area (Å²) < 4.78 is 27.1. The molecule has 21 heavy (non-hydrogen) atoms. The summed E-state index contributed by atoms with van der Waals surface area (Å²) in [5.41, 5.74) is 5.53. The van der Waals surface area contributed by atoms with E-state index in [1.165, 1.54) is 4.31 Å². The van der Waals surface area contributed by atoms with Gasteiger partial charge in [-0.05, 0) is 26.0 Å². The van der Waals surface area contributed by atoms with Crippen molar-refractivity contribution < 1.29 is 8.42 Å².